The van der Waals surface area contributed by atoms with Gasteiger partial charge in [-0.15, -0.1) is 10.6 Å². The summed E-state index contributed by atoms with van der Waals surface area (Å²) in [5.41, 5.74) is 0. The van der Waals surface area contributed by atoms with E-state index in [1.54, 1.807) is 0 Å². The third kappa shape index (κ3) is 223. The van der Waals surface area contributed by atoms with Gasteiger partial charge >= 0.3 is 13.4 Å². The summed E-state index contributed by atoms with van der Waals surface area (Å²) < 4.78 is 0. The minimum Gasteiger partial charge on any atom is -0.325 e. The molecule has 6 nitrogen and oxygen atoms in total. The summed E-state index contributed by atoms with van der Waals surface area (Å²) in [6.07, 6.45) is 0. The van der Waals surface area contributed by atoms with E-state index in [1.165, 1.54) is 10.6 Å². The van der Waals surface area contributed by atoms with Crippen molar-refractivity contribution in [2.45, 2.75) is 24.4 Å². The van der Waals surface area contributed by atoms with Crippen molar-refractivity contribution >= 4 is 52.3 Å². The van der Waals surface area contributed by atoms with Crippen LogP contribution >= 0.6 is 13.4 Å². The average molecular weight is 313 g/mol. The van der Waals surface area contributed by atoms with Crippen LogP contribution in [0.1, 0.15) is 13.8 Å². The summed E-state index contributed by atoms with van der Waals surface area (Å²) in [5, 5.41) is 2.85. The van der Waals surface area contributed by atoms with Crippen molar-refractivity contribution in [3.63, 3.8) is 0 Å². The van der Waals surface area contributed by atoms with Crippen molar-refractivity contribution in [3.8, 4) is 0 Å². The van der Waals surface area contributed by atoms with Gasteiger partial charge in [-0.3, -0.25) is 0 Å². The van der Waals surface area contributed by atoms with Crippen LogP contribution in [0.25, 0.3) is 0 Å². The molecule has 0 aromatic heterocycles. The van der Waals surface area contributed by atoms with Crippen LogP contribution < -0.4 is 0 Å². The summed E-state index contributed by atoms with van der Waals surface area (Å²) in [6, 6.07) is 0. The van der Waals surface area contributed by atoms with Crippen LogP contribution in [0.4, 0.5) is 0 Å². The monoisotopic (exact) mass is 313 g/mol. The van der Waals surface area contributed by atoms with Gasteiger partial charge in [-0.2, -0.15) is 0 Å². The van der Waals surface area contributed by atoms with E-state index in [0.717, 1.165) is 15.2 Å². The number of rotatable bonds is 2. The quantitative estimate of drug-likeness (QED) is 0.310. The first-order valence-corrected chi connectivity index (χ1v) is 10.8. The van der Waals surface area contributed by atoms with Gasteiger partial charge in [0.2, 0.25) is 0 Å². The van der Waals surface area contributed by atoms with Crippen LogP contribution in [0.5, 0.6) is 0 Å². The second kappa shape index (κ2) is 12.1. The van der Waals surface area contributed by atoms with E-state index < -0.39 is 13.4 Å². The zero-order chi connectivity index (χ0) is 13.1. The predicted molar refractivity (Wildman–Crippen MR) is 68.6 cm³/mol. The fourth-order valence-electron chi connectivity index (χ4n) is 0.289. The molecule has 1 radical (unpaired) electrons. The van der Waals surface area contributed by atoms with Gasteiger partial charge in [-0.25, -0.2) is 0 Å². The lowest BCUT2D eigenvalue weighted by Gasteiger charge is -1.88. The fraction of sp³-hybridized carbons (Fsp3) is 1.00. The third-order valence-corrected chi connectivity index (χ3v) is 1.73. The lowest BCUT2D eigenvalue weighted by atomic mass is 10.9. The van der Waals surface area contributed by atoms with Gasteiger partial charge in [-0.1, -0.05) is 13.8 Å². The van der Waals surface area contributed by atoms with E-state index in [9.17, 15) is 0 Å². The normalized spacial score (nSPS) is 10.4. The molecule has 6 N–H and O–H groups in total. The fourth-order valence-corrected chi connectivity index (χ4v) is 0.866. The van der Waals surface area contributed by atoms with Crippen LogP contribution in [0.3, 0.4) is 0 Å². The summed E-state index contributed by atoms with van der Waals surface area (Å²) in [6.45, 7) is -3.11. The summed E-state index contributed by atoms with van der Waals surface area (Å²) >= 11 is 8.02. The molecule has 0 spiro atoms. The molecule has 0 fully saturated rings. The van der Waals surface area contributed by atoms with Crippen molar-refractivity contribution in [2.75, 3.05) is 0 Å². The minimum absolute atomic E-state index is 0.815. The molecular formula is C4H16AlO6P2S2. The maximum atomic E-state index is 7.56. The van der Waals surface area contributed by atoms with Gasteiger partial charge in [0.15, 0.2) is 15.2 Å². The first-order chi connectivity index (χ1) is 6.41. The first kappa shape index (κ1) is 21.8. The molecule has 0 aliphatic carbocycles. The highest BCUT2D eigenvalue weighted by Gasteiger charge is 1.92. The SMILES string of the molecule is C[CH2][Al][CH2]C.OP(O)(O)=S.OP(O)(O)=S. The zero-order valence-electron chi connectivity index (χ0n) is 8.39. The molecular weight excluding hydrogens is 297 g/mol. The zero-order valence-corrected chi connectivity index (χ0v) is 13.0. The molecule has 0 aromatic rings. The van der Waals surface area contributed by atoms with Gasteiger partial charge in [0.05, 0.1) is 0 Å². The molecule has 0 aromatic carbocycles. The van der Waals surface area contributed by atoms with Crippen molar-refractivity contribution < 1.29 is 29.4 Å². The highest BCUT2D eigenvalue weighted by Crippen LogP contribution is 2.26. The molecule has 0 bridgehead atoms. The summed E-state index contributed by atoms with van der Waals surface area (Å²) in [7, 11) is 0. The molecule has 0 saturated carbocycles. The number of hydrogen-bond acceptors (Lipinski definition) is 2. The van der Waals surface area contributed by atoms with Gasteiger partial charge < -0.3 is 29.4 Å². The van der Waals surface area contributed by atoms with E-state index in [0.29, 0.717) is 0 Å². The lowest BCUT2D eigenvalue weighted by Crippen LogP contribution is -1.76. The Labute approximate surface area is 106 Å². The summed E-state index contributed by atoms with van der Waals surface area (Å²) in [4.78, 5) is 45.3. The molecule has 0 rings (SSSR count). The third-order valence-electron chi connectivity index (χ3n) is 0.577. The number of hydrogen-bond donors (Lipinski definition) is 6. The van der Waals surface area contributed by atoms with Gasteiger partial charge in [-0.05, 0) is 23.6 Å². The van der Waals surface area contributed by atoms with Crippen molar-refractivity contribution in [1.29, 1.82) is 0 Å². The van der Waals surface area contributed by atoms with Crippen LogP contribution in [0.15, 0.2) is 0 Å². The maximum Gasteiger partial charge on any atom is 0.319 e. The first-order valence-electron chi connectivity index (χ1n) is 3.80. The Morgan fingerprint density at radius 2 is 0.933 bits per heavy atom. The molecule has 0 aliphatic rings. The average Bonchev–Trinajstić information content (AvgIpc) is 1.80. The Balaban J connectivity index is -0.000000144. The van der Waals surface area contributed by atoms with Gasteiger partial charge in [0.25, 0.3) is 0 Å². The Kier molecular flexibility index (Phi) is 17.6. The van der Waals surface area contributed by atoms with E-state index in [2.05, 4.69) is 37.5 Å². The van der Waals surface area contributed by atoms with Crippen molar-refractivity contribution in [3.05, 3.63) is 0 Å². The molecule has 15 heavy (non-hydrogen) atoms. The van der Waals surface area contributed by atoms with Crippen molar-refractivity contribution in [1.82, 2.24) is 0 Å². The van der Waals surface area contributed by atoms with Crippen molar-refractivity contribution in [2.24, 2.45) is 0 Å². The predicted octanol–water partition coefficient (Wildman–Crippen LogP) is -0.0574. The summed E-state index contributed by atoms with van der Waals surface area (Å²) in [5.74, 6) is 0. The Hall–Kier alpha value is 1.59. The van der Waals surface area contributed by atoms with Gasteiger partial charge in [0, 0.05) is 0 Å². The largest absolute Gasteiger partial charge is 0.325 e. The standard InChI is InChI=1S/2C2H5.Al.2H3O3PS/c2*1-2;;2*1-4(2,3)5/h2*1H2,2H3;;2*(H3,1,2,3,5). The molecule has 0 amide bonds. The Morgan fingerprint density at radius 1 is 0.800 bits per heavy atom. The van der Waals surface area contributed by atoms with Crippen LogP contribution in [-0.4, -0.2) is 44.6 Å². The molecule has 11 heteroatoms. The molecule has 93 valence electrons. The highest BCUT2D eigenvalue weighted by molar-refractivity contribution is 8.06. The second-order valence-electron chi connectivity index (χ2n) is 2.13. The minimum atomic E-state index is -3.81. The molecule has 0 atom stereocenters. The molecule has 0 saturated heterocycles. The maximum absolute atomic E-state index is 7.56. The van der Waals surface area contributed by atoms with Gasteiger partial charge in [0.1, 0.15) is 0 Å². The van der Waals surface area contributed by atoms with E-state index >= 15 is 0 Å². The highest BCUT2D eigenvalue weighted by atomic mass is 32.5. The Bertz CT molecular complexity index is 177. The Morgan fingerprint density at radius 3 is 0.933 bits per heavy atom. The van der Waals surface area contributed by atoms with Crippen LogP contribution in [-0.2, 0) is 23.6 Å². The lowest BCUT2D eigenvalue weighted by molar-refractivity contribution is 0.361. The molecule has 0 heterocycles. The van der Waals surface area contributed by atoms with Crippen LogP contribution in [0, 0.1) is 0 Å². The van der Waals surface area contributed by atoms with E-state index in [1.807, 2.05) is 0 Å². The van der Waals surface area contributed by atoms with Crippen LogP contribution in [0.2, 0.25) is 10.6 Å². The van der Waals surface area contributed by atoms with E-state index in [4.69, 9.17) is 29.4 Å². The molecule has 0 unspecified atom stereocenters. The van der Waals surface area contributed by atoms with E-state index in [-0.39, 0.29) is 0 Å². The molecule has 0 aliphatic heterocycles. The topological polar surface area (TPSA) is 121 Å². The smallest absolute Gasteiger partial charge is 0.319 e. The second-order valence-corrected chi connectivity index (χ2v) is 9.33.